The molecule has 2 aliphatic heterocycles. The van der Waals surface area contributed by atoms with Gasteiger partial charge in [0.25, 0.3) is 0 Å². The zero-order valence-electron chi connectivity index (χ0n) is 29.2. The molecule has 2 rings (SSSR count). The van der Waals surface area contributed by atoms with Crippen molar-refractivity contribution in [3.63, 3.8) is 0 Å². The van der Waals surface area contributed by atoms with E-state index in [1.807, 2.05) is 0 Å². The lowest BCUT2D eigenvalue weighted by molar-refractivity contribution is -0.300. The van der Waals surface area contributed by atoms with E-state index in [9.17, 15) is 43.2 Å². The minimum atomic E-state index is -1.48. The summed E-state index contributed by atoms with van der Waals surface area (Å²) in [5.41, 5.74) is 0. The van der Waals surface area contributed by atoms with Gasteiger partial charge >= 0.3 is 53.7 Å². The first-order chi connectivity index (χ1) is 23.6. The summed E-state index contributed by atoms with van der Waals surface area (Å²) in [4.78, 5) is 102. The van der Waals surface area contributed by atoms with Crippen molar-refractivity contribution in [3.05, 3.63) is 0 Å². The van der Waals surface area contributed by atoms with Gasteiger partial charge in [0, 0.05) is 62.3 Å². The Hall–Kier alpha value is -4.37. The highest BCUT2D eigenvalue weighted by molar-refractivity contribution is 9.09. The van der Waals surface area contributed by atoms with Gasteiger partial charge in [-0.2, -0.15) is 0 Å². The standard InChI is InChI=1S/C16H22O11.C14H19BrO9.2CH4/c1-7(17)22-6-12-13(23-8(2)18)14(24-9(3)19)15(25-10(4)20)16(27-12)26-11(5)21;1-6(16)20-5-10-11(21-7(2)17)12(22-8(3)18)13(14(15)24-10)23-9(4)19;;/h12-16H,6H2,1-5H3;10-14H,5H2,1-4H3;2*1H4. The predicted octanol–water partition coefficient (Wildman–Crippen LogP) is 1.37. The van der Waals surface area contributed by atoms with Crippen molar-refractivity contribution in [1.82, 2.24) is 0 Å². The SMILES string of the molecule is C.C.CC(=O)OCC1OC(Br)C(OC(C)=O)C(OC(C)=O)C1OC(C)=O.CC(=O)OCC1OC(OC(C)=O)C(OC(C)=O)C(OC(C)=O)C1OC(C)=O. The van der Waals surface area contributed by atoms with Gasteiger partial charge in [0.05, 0.1) is 0 Å². The van der Waals surface area contributed by atoms with Crippen LogP contribution in [0.1, 0.15) is 77.2 Å². The van der Waals surface area contributed by atoms with Crippen LogP contribution >= 0.6 is 15.9 Å². The van der Waals surface area contributed by atoms with E-state index >= 15 is 0 Å². The molecule has 0 radical (unpaired) electrons. The first-order valence-corrected chi connectivity index (χ1v) is 16.0. The molecule has 0 N–H and O–H groups in total. The van der Waals surface area contributed by atoms with Crippen molar-refractivity contribution in [3.8, 4) is 0 Å². The van der Waals surface area contributed by atoms with Crippen LogP contribution in [-0.4, -0.2) is 127 Å². The molecular weight excluding hydrogens is 784 g/mol. The summed E-state index contributed by atoms with van der Waals surface area (Å²) in [5, 5.41) is -0.863. The summed E-state index contributed by atoms with van der Waals surface area (Å²) in [6, 6.07) is 0. The molecule has 2 aliphatic rings. The van der Waals surface area contributed by atoms with Crippen molar-refractivity contribution >= 4 is 69.7 Å². The first kappa shape index (κ1) is 50.7. The molecule has 304 valence electrons. The summed E-state index contributed by atoms with van der Waals surface area (Å²) in [5.74, 6) is -6.23. The van der Waals surface area contributed by atoms with Gasteiger partial charge in [0.15, 0.2) is 35.5 Å². The number of ether oxygens (including phenoxy) is 11. The molecule has 2 fully saturated rings. The number of carbonyl (C=O) groups is 9. The largest absolute Gasteiger partial charge is 0.463 e. The topological polar surface area (TPSA) is 255 Å². The lowest BCUT2D eigenvalue weighted by Crippen LogP contribution is -2.63. The molecule has 0 spiro atoms. The molecule has 20 nitrogen and oxygen atoms in total. The normalized spacial score (nSPS) is 27.1. The third-order valence-electron chi connectivity index (χ3n) is 6.16. The average molecular weight is 834 g/mol. The minimum absolute atomic E-state index is 0. The molecule has 10 atom stereocenters. The Balaban J connectivity index is 0. The second-order valence-corrected chi connectivity index (χ2v) is 11.6. The van der Waals surface area contributed by atoms with Crippen molar-refractivity contribution in [1.29, 1.82) is 0 Å². The molecule has 53 heavy (non-hydrogen) atoms. The number of esters is 9. The molecule has 0 aromatic carbocycles. The summed E-state index contributed by atoms with van der Waals surface area (Å²) in [6.07, 6.45) is -10.9. The van der Waals surface area contributed by atoms with Crippen molar-refractivity contribution in [2.75, 3.05) is 13.2 Å². The Bertz CT molecular complexity index is 1300. The van der Waals surface area contributed by atoms with E-state index in [2.05, 4.69) is 15.9 Å². The number of carbonyl (C=O) groups excluding carboxylic acids is 9. The molecular formula is C32H49BrO20. The van der Waals surface area contributed by atoms with Crippen LogP contribution in [0.25, 0.3) is 0 Å². The second kappa shape index (κ2) is 24.0. The Morgan fingerprint density at radius 1 is 0.396 bits per heavy atom. The smallest absolute Gasteiger partial charge is 0.305 e. The Kier molecular flexibility index (Phi) is 23.0. The van der Waals surface area contributed by atoms with E-state index in [1.165, 1.54) is 13.8 Å². The zero-order valence-corrected chi connectivity index (χ0v) is 30.8. The van der Waals surface area contributed by atoms with Crippen LogP contribution in [0.15, 0.2) is 0 Å². The number of hydrogen-bond donors (Lipinski definition) is 0. The van der Waals surface area contributed by atoms with Crippen LogP contribution < -0.4 is 0 Å². The molecule has 0 saturated carbocycles. The molecule has 21 heteroatoms. The minimum Gasteiger partial charge on any atom is -0.463 e. The van der Waals surface area contributed by atoms with Crippen LogP contribution in [0.3, 0.4) is 0 Å². The maximum Gasteiger partial charge on any atom is 0.305 e. The summed E-state index contributed by atoms with van der Waals surface area (Å²) >= 11 is 3.18. The van der Waals surface area contributed by atoms with Gasteiger partial charge in [-0.1, -0.05) is 30.8 Å². The van der Waals surface area contributed by atoms with Crippen molar-refractivity contribution in [2.45, 2.75) is 137 Å². The fraction of sp³-hybridized carbons (Fsp3) is 0.719. The van der Waals surface area contributed by atoms with Gasteiger partial charge < -0.3 is 52.1 Å². The third-order valence-corrected chi connectivity index (χ3v) is 6.90. The maximum atomic E-state index is 11.5. The fourth-order valence-corrected chi connectivity index (χ4v) is 5.31. The van der Waals surface area contributed by atoms with Gasteiger partial charge in [0.1, 0.15) is 25.4 Å². The van der Waals surface area contributed by atoms with Gasteiger partial charge in [-0.25, -0.2) is 0 Å². The lowest BCUT2D eigenvalue weighted by Gasteiger charge is -2.43. The third kappa shape index (κ3) is 18.3. The van der Waals surface area contributed by atoms with E-state index in [0.717, 1.165) is 48.5 Å². The Labute approximate surface area is 315 Å². The summed E-state index contributed by atoms with van der Waals surface area (Å²) < 4.78 is 56.7. The Morgan fingerprint density at radius 3 is 1.02 bits per heavy atom. The number of alkyl halides is 1. The molecule has 0 aromatic heterocycles. The molecule has 0 aliphatic carbocycles. The molecule has 2 saturated heterocycles. The molecule has 0 bridgehead atoms. The average Bonchev–Trinajstić information content (AvgIpc) is 2.96. The highest BCUT2D eigenvalue weighted by Gasteiger charge is 2.54. The van der Waals surface area contributed by atoms with Gasteiger partial charge in [0.2, 0.25) is 12.4 Å². The van der Waals surface area contributed by atoms with E-state index in [-0.39, 0.29) is 21.5 Å². The van der Waals surface area contributed by atoms with E-state index in [0.29, 0.717) is 0 Å². The van der Waals surface area contributed by atoms with E-state index in [4.69, 9.17) is 52.1 Å². The van der Waals surface area contributed by atoms with Crippen molar-refractivity contribution < 1.29 is 95.3 Å². The monoisotopic (exact) mass is 832 g/mol. The van der Waals surface area contributed by atoms with Crippen LogP contribution in [0.2, 0.25) is 0 Å². The van der Waals surface area contributed by atoms with Crippen molar-refractivity contribution in [2.24, 2.45) is 0 Å². The van der Waals surface area contributed by atoms with E-state index < -0.39 is 120 Å². The lowest BCUT2D eigenvalue weighted by atomic mass is 9.98. The zero-order chi connectivity index (χ0) is 39.2. The van der Waals surface area contributed by atoms with Crippen LogP contribution in [-0.2, 0) is 95.3 Å². The summed E-state index contributed by atoms with van der Waals surface area (Å²) in [7, 11) is 0. The second-order valence-electron chi connectivity index (χ2n) is 10.7. The van der Waals surface area contributed by atoms with Gasteiger partial charge in [-0.3, -0.25) is 43.2 Å². The van der Waals surface area contributed by atoms with Gasteiger partial charge in [-0.15, -0.1) is 0 Å². The number of halogens is 1. The van der Waals surface area contributed by atoms with Gasteiger partial charge in [-0.05, 0) is 0 Å². The first-order valence-electron chi connectivity index (χ1n) is 15.0. The fourth-order valence-electron chi connectivity index (χ4n) is 4.62. The Morgan fingerprint density at radius 2 is 0.679 bits per heavy atom. The maximum absolute atomic E-state index is 11.5. The molecule has 0 amide bonds. The molecule has 2 heterocycles. The number of rotatable bonds is 11. The van der Waals surface area contributed by atoms with Crippen LogP contribution in [0, 0.1) is 0 Å². The highest BCUT2D eigenvalue weighted by Crippen LogP contribution is 2.32. The quantitative estimate of drug-likeness (QED) is 0.162. The number of hydrogen-bond acceptors (Lipinski definition) is 20. The molecule has 10 unspecified atom stereocenters. The molecule has 0 aromatic rings. The highest BCUT2D eigenvalue weighted by atomic mass is 79.9. The van der Waals surface area contributed by atoms with Crippen LogP contribution in [0.4, 0.5) is 0 Å². The summed E-state index contributed by atoms with van der Waals surface area (Å²) in [6.45, 7) is 9.60. The van der Waals surface area contributed by atoms with Crippen LogP contribution in [0.5, 0.6) is 0 Å². The predicted molar refractivity (Wildman–Crippen MR) is 178 cm³/mol. The van der Waals surface area contributed by atoms with E-state index in [1.54, 1.807) is 0 Å².